The molecule has 142 valence electrons. The van der Waals surface area contributed by atoms with Gasteiger partial charge in [0.25, 0.3) is 5.91 Å². The van der Waals surface area contributed by atoms with Crippen LogP contribution in [0.2, 0.25) is 0 Å². The maximum absolute atomic E-state index is 12.6. The van der Waals surface area contributed by atoms with E-state index in [1.165, 1.54) is 32.1 Å². The SMILES string of the molecule is Cc1nn(C2CCCCC2)c2sc(C(=O)NCCN3CCOCC3)cc12. The fourth-order valence-corrected chi connectivity index (χ4v) is 5.15. The van der Waals surface area contributed by atoms with Crippen molar-refractivity contribution in [3.05, 3.63) is 16.6 Å². The zero-order valence-corrected chi connectivity index (χ0v) is 16.3. The van der Waals surface area contributed by atoms with Gasteiger partial charge in [-0.15, -0.1) is 11.3 Å². The van der Waals surface area contributed by atoms with Crippen LogP contribution in [0.4, 0.5) is 0 Å². The number of hydrogen-bond acceptors (Lipinski definition) is 5. The Morgan fingerprint density at radius 2 is 2.08 bits per heavy atom. The number of ether oxygens (including phenoxy) is 1. The summed E-state index contributed by atoms with van der Waals surface area (Å²) < 4.78 is 7.55. The number of nitrogens with zero attached hydrogens (tertiary/aromatic N) is 3. The Morgan fingerprint density at radius 1 is 1.31 bits per heavy atom. The second-order valence-electron chi connectivity index (χ2n) is 7.36. The van der Waals surface area contributed by atoms with Crippen LogP contribution in [-0.2, 0) is 4.74 Å². The normalized spacial score (nSPS) is 19.9. The Morgan fingerprint density at radius 3 is 2.85 bits per heavy atom. The second kappa shape index (κ2) is 8.06. The van der Waals surface area contributed by atoms with Gasteiger partial charge < -0.3 is 10.1 Å². The number of morpholine rings is 1. The smallest absolute Gasteiger partial charge is 0.261 e. The molecule has 0 bridgehead atoms. The molecule has 26 heavy (non-hydrogen) atoms. The largest absolute Gasteiger partial charge is 0.379 e. The zero-order valence-electron chi connectivity index (χ0n) is 15.5. The van der Waals surface area contributed by atoms with Crippen molar-refractivity contribution in [2.45, 2.75) is 45.1 Å². The summed E-state index contributed by atoms with van der Waals surface area (Å²) in [5.41, 5.74) is 1.04. The van der Waals surface area contributed by atoms with Crippen molar-refractivity contribution in [3.63, 3.8) is 0 Å². The standard InChI is InChI=1S/C19H28N4O2S/c1-14-16-13-17(18(24)20-7-8-22-9-11-25-12-10-22)26-19(16)23(21-14)15-5-3-2-4-6-15/h13,15H,2-12H2,1H3,(H,20,24). The van der Waals surface area contributed by atoms with E-state index in [-0.39, 0.29) is 5.91 Å². The molecule has 7 heteroatoms. The molecule has 1 saturated heterocycles. The van der Waals surface area contributed by atoms with Gasteiger partial charge in [-0.1, -0.05) is 19.3 Å². The minimum Gasteiger partial charge on any atom is -0.379 e. The molecule has 2 aromatic heterocycles. The van der Waals surface area contributed by atoms with Crippen LogP contribution < -0.4 is 5.32 Å². The molecule has 0 atom stereocenters. The average Bonchev–Trinajstić information content (AvgIpc) is 3.24. The van der Waals surface area contributed by atoms with E-state index in [1.54, 1.807) is 11.3 Å². The number of hydrogen-bond donors (Lipinski definition) is 1. The summed E-state index contributed by atoms with van der Waals surface area (Å²) in [6.07, 6.45) is 6.31. The van der Waals surface area contributed by atoms with E-state index in [9.17, 15) is 4.79 Å². The highest BCUT2D eigenvalue weighted by atomic mass is 32.1. The minimum atomic E-state index is 0.0362. The van der Waals surface area contributed by atoms with Gasteiger partial charge in [0.05, 0.1) is 29.8 Å². The van der Waals surface area contributed by atoms with Crippen molar-refractivity contribution in [1.82, 2.24) is 20.0 Å². The van der Waals surface area contributed by atoms with Gasteiger partial charge in [-0.05, 0) is 25.8 Å². The zero-order chi connectivity index (χ0) is 17.9. The van der Waals surface area contributed by atoms with Crippen molar-refractivity contribution < 1.29 is 9.53 Å². The Balaban J connectivity index is 1.42. The first-order valence-corrected chi connectivity index (χ1v) is 10.6. The third-order valence-corrected chi connectivity index (χ3v) is 6.65. The topological polar surface area (TPSA) is 59.4 Å². The van der Waals surface area contributed by atoms with Crippen molar-refractivity contribution >= 4 is 27.5 Å². The molecule has 0 aromatic carbocycles. The number of carbonyl (C=O) groups excluding carboxylic acids is 1. The van der Waals surface area contributed by atoms with Crippen LogP contribution in [0.25, 0.3) is 10.2 Å². The molecule has 0 unspecified atom stereocenters. The fourth-order valence-electron chi connectivity index (χ4n) is 4.00. The average molecular weight is 377 g/mol. The molecule has 2 aromatic rings. The van der Waals surface area contributed by atoms with Gasteiger partial charge in [0, 0.05) is 31.6 Å². The van der Waals surface area contributed by atoms with E-state index >= 15 is 0 Å². The first-order valence-electron chi connectivity index (χ1n) is 9.79. The maximum Gasteiger partial charge on any atom is 0.261 e. The monoisotopic (exact) mass is 376 g/mol. The summed E-state index contributed by atoms with van der Waals surface area (Å²) in [6, 6.07) is 2.52. The Kier molecular flexibility index (Phi) is 5.57. The second-order valence-corrected chi connectivity index (χ2v) is 8.39. The van der Waals surface area contributed by atoms with Crippen molar-refractivity contribution in [3.8, 4) is 0 Å². The van der Waals surface area contributed by atoms with E-state index in [4.69, 9.17) is 9.84 Å². The van der Waals surface area contributed by atoms with Gasteiger partial charge in [-0.25, -0.2) is 0 Å². The molecule has 1 amide bonds. The molecule has 2 aliphatic rings. The van der Waals surface area contributed by atoms with Crippen LogP contribution >= 0.6 is 11.3 Å². The van der Waals surface area contributed by atoms with Gasteiger partial charge in [0.15, 0.2) is 0 Å². The van der Waals surface area contributed by atoms with Gasteiger partial charge in [-0.2, -0.15) is 5.10 Å². The minimum absolute atomic E-state index is 0.0362. The third kappa shape index (κ3) is 3.80. The molecule has 1 saturated carbocycles. The molecule has 0 spiro atoms. The number of nitrogens with one attached hydrogen (secondary N) is 1. The van der Waals surface area contributed by atoms with E-state index in [0.29, 0.717) is 12.6 Å². The van der Waals surface area contributed by atoms with E-state index < -0.39 is 0 Å². The molecule has 6 nitrogen and oxygen atoms in total. The van der Waals surface area contributed by atoms with Crippen LogP contribution in [0.5, 0.6) is 0 Å². The number of aryl methyl sites for hydroxylation is 1. The molecule has 1 aliphatic carbocycles. The van der Waals surface area contributed by atoms with Crippen LogP contribution in [0.1, 0.15) is 53.5 Å². The Hall–Kier alpha value is -1.44. The Bertz CT molecular complexity index is 757. The van der Waals surface area contributed by atoms with Crippen molar-refractivity contribution in [2.75, 3.05) is 39.4 Å². The highest BCUT2D eigenvalue weighted by molar-refractivity contribution is 7.20. The number of aromatic nitrogens is 2. The van der Waals surface area contributed by atoms with Gasteiger partial charge in [0.2, 0.25) is 0 Å². The lowest BCUT2D eigenvalue weighted by atomic mass is 9.96. The molecule has 4 rings (SSSR count). The van der Waals surface area contributed by atoms with Crippen LogP contribution in [-0.4, -0.2) is 60.0 Å². The predicted octanol–water partition coefficient (Wildman–Crippen LogP) is 2.97. The fraction of sp³-hybridized carbons (Fsp3) is 0.684. The molecule has 0 radical (unpaired) electrons. The Labute approximate surface area is 158 Å². The lowest BCUT2D eigenvalue weighted by molar-refractivity contribution is 0.0383. The van der Waals surface area contributed by atoms with Crippen LogP contribution in [0.15, 0.2) is 6.07 Å². The highest BCUT2D eigenvalue weighted by Gasteiger charge is 2.22. The maximum atomic E-state index is 12.6. The third-order valence-electron chi connectivity index (χ3n) is 5.53. The van der Waals surface area contributed by atoms with Crippen LogP contribution in [0.3, 0.4) is 0 Å². The lowest BCUT2D eigenvalue weighted by Gasteiger charge is -2.26. The summed E-state index contributed by atoms with van der Waals surface area (Å²) in [6.45, 7) is 7.11. The molecule has 3 heterocycles. The summed E-state index contributed by atoms with van der Waals surface area (Å²) >= 11 is 1.59. The number of amides is 1. The first-order chi connectivity index (χ1) is 12.7. The number of carbonyl (C=O) groups is 1. The highest BCUT2D eigenvalue weighted by Crippen LogP contribution is 2.35. The van der Waals surface area contributed by atoms with Crippen molar-refractivity contribution in [1.29, 1.82) is 0 Å². The van der Waals surface area contributed by atoms with Crippen molar-refractivity contribution in [2.24, 2.45) is 0 Å². The summed E-state index contributed by atoms with van der Waals surface area (Å²) in [5, 5.41) is 8.99. The number of thiophene rings is 1. The molecule has 2 fully saturated rings. The number of rotatable bonds is 5. The quantitative estimate of drug-likeness (QED) is 0.872. The van der Waals surface area contributed by atoms with Crippen LogP contribution in [0, 0.1) is 6.92 Å². The summed E-state index contributed by atoms with van der Waals surface area (Å²) in [4.78, 5) is 16.9. The molecular weight excluding hydrogens is 348 g/mol. The number of fused-ring (bicyclic) bond motifs is 1. The van der Waals surface area contributed by atoms with Gasteiger partial charge in [-0.3, -0.25) is 14.4 Å². The van der Waals surface area contributed by atoms with E-state index in [1.807, 2.05) is 6.07 Å². The molecule has 1 aliphatic heterocycles. The summed E-state index contributed by atoms with van der Waals surface area (Å²) in [7, 11) is 0. The van der Waals surface area contributed by atoms with E-state index in [2.05, 4.69) is 21.8 Å². The lowest BCUT2D eigenvalue weighted by Crippen LogP contribution is -2.41. The molecular formula is C19H28N4O2S. The first kappa shape index (κ1) is 17.9. The van der Waals surface area contributed by atoms with Gasteiger partial charge >= 0.3 is 0 Å². The summed E-state index contributed by atoms with van der Waals surface area (Å²) in [5.74, 6) is 0.0362. The predicted molar refractivity (Wildman–Crippen MR) is 104 cm³/mol. The molecule has 1 N–H and O–H groups in total. The van der Waals surface area contributed by atoms with Gasteiger partial charge in [0.1, 0.15) is 4.83 Å². The van der Waals surface area contributed by atoms with E-state index in [0.717, 1.165) is 53.6 Å².